The van der Waals surface area contributed by atoms with Crippen molar-refractivity contribution in [3.05, 3.63) is 38.3 Å². The molecule has 0 spiro atoms. The molecule has 1 aliphatic carbocycles. The van der Waals surface area contributed by atoms with Crippen molar-refractivity contribution in [1.82, 2.24) is 20.0 Å². The van der Waals surface area contributed by atoms with E-state index in [1.165, 1.54) is 23.3 Å². The Hall–Kier alpha value is -2.15. The second kappa shape index (κ2) is 8.92. The van der Waals surface area contributed by atoms with Gasteiger partial charge in [-0.15, -0.1) is 11.3 Å². The fourth-order valence-electron chi connectivity index (χ4n) is 4.68. The topological polar surface area (TPSA) is 67.2 Å². The molecule has 0 radical (unpaired) electrons. The van der Waals surface area contributed by atoms with Gasteiger partial charge in [-0.05, 0) is 57.6 Å². The van der Waals surface area contributed by atoms with Crippen LogP contribution in [0.1, 0.15) is 69.2 Å². The highest BCUT2D eigenvalue weighted by molar-refractivity contribution is 7.14. The van der Waals surface area contributed by atoms with E-state index in [1.807, 2.05) is 30.5 Å². The van der Waals surface area contributed by atoms with Crippen molar-refractivity contribution in [2.75, 3.05) is 13.1 Å². The third-order valence-electron chi connectivity index (χ3n) is 6.66. The molecule has 2 amide bonds. The summed E-state index contributed by atoms with van der Waals surface area (Å²) in [5.41, 5.74) is 4.35. The number of amides is 2. The lowest BCUT2D eigenvalue weighted by molar-refractivity contribution is -0.125. The van der Waals surface area contributed by atoms with Gasteiger partial charge in [0.15, 0.2) is 0 Å². The van der Waals surface area contributed by atoms with Gasteiger partial charge in [-0.2, -0.15) is 5.10 Å². The summed E-state index contributed by atoms with van der Waals surface area (Å²) in [6.07, 6.45) is 7.12. The highest BCUT2D eigenvalue weighted by Gasteiger charge is 2.29. The summed E-state index contributed by atoms with van der Waals surface area (Å²) in [5.74, 6) is 0.264. The standard InChI is InChI=1S/C23H32N4O2S/c1-15-19(16(2)26(3)25-15)14-24-22(28)17-8-9-20-18(12-17)13-21(30-20)23(29)27-10-6-4-5-7-11-27/h13,17H,4-12,14H2,1-3H3,(H,24,28)/t17-/m0/s1. The lowest BCUT2D eigenvalue weighted by Gasteiger charge is -2.21. The molecule has 0 aromatic carbocycles. The number of hydrogen-bond donors (Lipinski definition) is 1. The van der Waals surface area contributed by atoms with Crippen LogP contribution in [0.5, 0.6) is 0 Å². The molecule has 4 rings (SSSR count). The molecular weight excluding hydrogens is 396 g/mol. The second-order valence-electron chi connectivity index (χ2n) is 8.70. The molecule has 2 aliphatic rings. The Morgan fingerprint density at radius 2 is 1.93 bits per heavy atom. The summed E-state index contributed by atoms with van der Waals surface area (Å²) in [4.78, 5) is 29.9. The quantitative estimate of drug-likeness (QED) is 0.810. The first-order valence-corrected chi connectivity index (χ1v) is 11.9. The van der Waals surface area contributed by atoms with Crippen molar-refractivity contribution < 1.29 is 9.59 Å². The predicted octanol–water partition coefficient (Wildman–Crippen LogP) is 3.54. The Morgan fingerprint density at radius 3 is 2.60 bits per heavy atom. The van der Waals surface area contributed by atoms with Crippen LogP contribution >= 0.6 is 11.3 Å². The van der Waals surface area contributed by atoms with Gasteiger partial charge in [0, 0.05) is 48.7 Å². The molecule has 6 nitrogen and oxygen atoms in total. The molecule has 162 valence electrons. The maximum Gasteiger partial charge on any atom is 0.263 e. The Balaban J connectivity index is 1.38. The predicted molar refractivity (Wildman–Crippen MR) is 119 cm³/mol. The summed E-state index contributed by atoms with van der Waals surface area (Å²) in [7, 11) is 1.93. The summed E-state index contributed by atoms with van der Waals surface area (Å²) in [6, 6.07) is 2.06. The van der Waals surface area contributed by atoms with E-state index in [4.69, 9.17) is 0 Å². The van der Waals surface area contributed by atoms with Gasteiger partial charge in [0.1, 0.15) is 0 Å². The number of nitrogens with one attached hydrogen (secondary N) is 1. The van der Waals surface area contributed by atoms with E-state index in [0.717, 1.165) is 67.0 Å². The highest BCUT2D eigenvalue weighted by Crippen LogP contribution is 2.33. The minimum Gasteiger partial charge on any atom is -0.352 e. The van der Waals surface area contributed by atoms with Crippen LogP contribution in [0.15, 0.2) is 6.07 Å². The zero-order chi connectivity index (χ0) is 21.3. The molecule has 1 aliphatic heterocycles. The second-order valence-corrected chi connectivity index (χ2v) is 9.83. The first kappa shape index (κ1) is 21.1. The number of likely N-dealkylation sites (tertiary alicyclic amines) is 1. The minimum atomic E-state index is -0.0227. The Bertz CT molecular complexity index is 937. The molecule has 1 N–H and O–H groups in total. The molecule has 30 heavy (non-hydrogen) atoms. The molecule has 2 aromatic heterocycles. The number of rotatable bonds is 4. The molecule has 1 saturated heterocycles. The van der Waals surface area contributed by atoms with Crippen LogP contribution < -0.4 is 5.32 Å². The Morgan fingerprint density at radius 1 is 1.20 bits per heavy atom. The number of carbonyl (C=O) groups excluding carboxylic acids is 2. The van der Waals surface area contributed by atoms with Gasteiger partial charge in [-0.1, -0.05) is 12.8 Å². The van der Waals surface area contributed by atoms with Crippen molar-refractivity contribution >= 4 is 23.2 Å². The monoisotopic (exact) mass is 428 g/mol. The van der Waals surface area contributed by atoms with Crippen LogP contribution in [-0.4, -0.2) is 39.6 Å². The van der Waals surface area contributed by atoms with E-state index < -0.39 is 0 Å². The molecular formula is C23H32N4O2S. The van der Waals surface area contributed by atoms with E-state index in [2.05, 4.69) is 16.5 Å². The van der Waals surface area contributed by atoms with Crippen LogP contribution in [0.3, 0.4) is 0 Å². The number of aryl methyl sites for hydroxylation is 3. The Kier molecular flexibility index (Phi) is 6.27. The minimum absolute atomic E-state index is 0.0227. The SMILES string of the molecule is Cc1nn(C)c(C)c1CNC(=O)[C@H]1CCc2sc(C(=O)N3CCCCCC3)cc2C1. The number of carbonyl (C=O) groups is 2. The molecule has 7 heteroatoms. The van der Waals surface area contributed by atoms with Crippen molar-refractivity contribution in [3.8, 4) is 0 Å². The van der Waals surface area contributed by atoms with Crippen molar-refractivity contribution in [2.45, 2.75) is 65.3 Å². The number of fused-ring (bicyclic) bond motifs is 1. The Labute approximate surface area is 182 Å². The lowest BCUT2D eigenvalue weighted by atomic mass is 9.87. The first-order chi connectivity index (χ1) is 14.4. The number of nitrogens with zero attached hydrogens (tertiary/aromatic N) is 3. The van der Waals surface area contributed by atoms with Crippen LogP contribution in [0.4, 0.5) is 0 Å². The smallest absolute Gasteiger partial charge is 0.263 e. The van der Waals surface area contributed by atoms with Gasteiger partial charge in [0.25, 0.3) is 5.91 Å². The number of aromatic nitrogens is 2. The van der Waals surface area contributed by atoms with E-state index in [1.54, 1.807) is 11.3 Å². The third kappa shape index (κ3) is 4.31. The summed E-state index contributed by atoms with van der Waals surface area (Å²) in [5, 5.41) is 7.54. The fourth-order valence-corrected chi connectivity index (χ4v) is 5.85. The molecule has 2 aromatic rings. The first-order valence-electron chi connectivity index (χ1n) is 11.1. The molecule has 3 heterocycles. The third-order valence-corrected chi connectivity index (χ3v) is 7.88. The number of hydrogen-bond acceptors (Lipinski definition) is 4. The van der Waals surface area contributed by atoms with Gasteiger partial charge < -0.3 is 10.2 Å². The maximum atomic E-state index is 13.0. The van der Waals surface area contributed by atoms with Gasteiger partial charge >= 0.3 is 0 Å². The van der Waals surface area contributed by atoms with Crippen LogP contribution in [-0.2, 0) is 31.2 Å². The molecule has 0 bridgehead atoms. The highest BCUT2D eigenvalue weighted by atomic mass is 32.1. The molecule has 0 saturated carbocycles. The summed E-state index contributed by atoms with van der Waals surface area (Å²) in [6.45, 7) is 6.29. The van der Waals surface area contributed by atoms with Gasteiger partial charge in [-0.3, -0.25) is 14.3 Å². The summed E-state index contributed by atoms with van der Waals surface area (Å²) >= 11 is 1.64. The van der Waals surface area contributed by atoms with Gasteiger partial charge in [-0.25, -0.2) is 0 Å². The van der Waals surface area contributed by atoms with Crippen LogP contribution in [0.25, 0.3) is 0 Å². The van der Waals surface area contributed by atoms with Gasteiger partial charge in [0.2, 0.25) is 5.91 Å². The largest absolute Gasteiger partial charge is 0.352 e. The molecule has 1 atom stereocenters. The van der Waals surface area contributed by atoms with Gasteiger partial charge in [0.05, 0.1) is 10.6 Å². The van der Waals surface area contributed by atoms with Crippen molar-refractivity contribution in [3.63, 3.8) is 0 Å². The fraction of sp³-hybridized carbons (Fsp3) is 0.609. The molecule has 1 fully saturated rings. The average molecular weight is 429 g/mol. The zero-order valence-corrected chi connectivity index (χ0v) is 19.1. The van der Waals surface area contributed by atoms with Crippen LogP contribution in [0, 0.1) is 19.8 Å². The van der Waals surface area contributed by atoms with Crippen molar-refractivity contribution in [1.29, 1.82) is 0 Å². The van der Waals surface area contributed by atoms with E-state index >= 15 is 0 Å². The lowest BCUT2D eigenvalue weighted by Crippen LogP contribution is -2.33. The maximum absolute atomic E-state index is 13.0. The number of thiophene rings is 1. The van der Waals surface area contributed by atoms with E-state index in [0.29, 0.717) is 6.54 Å². The normalized spacial score (nSPS) is 19.3. The van der Waals surface area contributed by atoms with Crippen molar-refractivity contribution in [2.24, 2.45) is 13.0 Å². The summed E-state index contributed by atoms with van der Waals surface area (Å²) < 4.78 is 1.86. The van der Waals surface area contributed by atoms with E-state index in [9.17, 15) is 9.59 Å². The molecule has 0 unspecified atom stereocenters. The van der Waals surface area contributed by atoms with Crippen LogP contribution in [0.2, 0.25) is 0 Å². The van der Waals surface area contributed by atoms with E-state index in [-0.39, 0.29) is 17.7 Å². The zero-order valence-electron chi connectivity index (χ0n) is 18.3. The average Bonchev–Trinajstić information content (AvgIpc) is 3.12.